The zero-order valence-electron chi connectivity index (χ0n) is 12.8. The smallest absolute Gasteiger partial charge is 0.167 e. The number of hydrogen-bond acceptors (Lipinski definition) is 6. The van der Waals surface area contributed by atoms with Crippen molar-refractivity contribution in [2.45, 2.75) is 70.4 Å². The monoisotopic (exact) mass is 292 g/mol. The van der Waals surface area contributed by atoms with Gasteiger partial charge in [-0.25, -0.2) is 0 Å². The summed E-state index contributed by atoms with van der Waals surface area (Å²) in [6.45, 7) is 6.09. The van der Waals surface area contributed by atoms with E-state index in [1.165, 1.54) is 0 Å². The Labute approximate surface area is 120 Å². The fourth-order valence-electron chi connectivity index (χ4n) is 2.74. The number of carbonyl (C=O) groups is 1. The van der Waals surface area contributed by atoms with Gasteiger partial charge in [-0.15, -0.1) is 0 Å². The van der Waals surface area contributed by atoms with Gasteiger partial charge in [0.15, 0.2) is 11.4 Å². The van der Waals surface area contributed by atoms with Crippen LogP contribution in [0.15, 0.2) is 0 Å². The molecule has 6 nitrogen and oxygen atoms in total. The molecule has 0 aliphatic rings. The molecule has 0 aromatic carbocycles. The van der Waals surface area contributed by atoms with Gasteiger partial charge in [-0.05, 0) is 19.8 Å². The van der Waals surface area contributed by atoms with Crippen LogP contribution < -0.4 is 0 Å². The molecule has 0 aromatic heterocycles. The summed E-state index contributed by atoms with van der Waals surface area (Å²) in [6.07, 6.45) is -2.92. The zero-order valence-corrected chi connectivity index (χ0v) is 12.8. The van der Waals surface area contributed by atoms with Gasteiger partial charge in [0.25, 0.3) is 0 Å². The minimum absolute atomic E-state index is 0.00477. The van der Waals surface area contributed by atoms with Crippen molar-refractivity contribution >= 4 is 5.78 Å². The van der Waals surface area contributed by atoms with Crippen molar-refractivity contribution in [3.63, 3.8) is 0 Å². The van der Waals surface area contributed by atoms with E-state index in [4.69, 9.17) is 9.84 Å². The second-order valence-electron chi connectivity index (χ2n) is 4.86. The van der Waals surface area contributed by atoms with Crippen molar-refractivity contribution in [3.8, 4) is 0 Å². The molecule has 0 rings (SSSR count). The molecule has 6 heteroatoms. The summed E-state index contributed by atoms with van der Waals surface area (Å²) in [5.74, 6) is -0.338. The molecule has 0 aromatic rings. The van der Waals surface area contributed by atoms with E-state index in [1.54, 1.807) is 27.7 Å². The third-order valence-corrected chi connectivity index (χ3v) is 3.94. The van der Waals surface area contributed by atoms with Crippen LogP contribution in [0.4, 0.5) is 0 Å². The van der Waals surface area contributed by atoms with Crippen molar-refractivity contribution < 1.29 is 30.0 Å². The van der Waals surface area contributed by atoms with E-state index < -0.39 is 30.0 Å². The molecule has 4 N–H and O–H groups in total. The quantitative estimate of drug-likeness (QED) is 0.452. The highest BCUT2D eigenvalue weighted by Gasteiger charge is 2.58. The van der Waals surface area contributed by atoms with Crippen LogP contribution in [0.5, 0.6) is 0 Å². The summed E-state index contributed by atoms with van der Waals surface area (Å²) in [6, 6.07) is 0. The van der Waals surface area contributed by atoms with Crippen molar-refractivity contribution in [1.29, 1.82) is 0 Å². The van der Waals surface area contributed by atoms with E-state index in [0.717, 1.165) is 0 Å². The Balaban J connectivity index is 5.85. The molecule has 0 saturated heterocycles. The van der Waals surface area contributed by atoms with Crippen LogP contribution in [0.25, 0.3) is 0 Å². The van der Waals surface area contributed by atoms with Gasteiger partial charge < -0.3 is 25.2 Å². The zero-order chi connectivity index (χ0) is 16.0. The predicted molar refractivity (Wildman–Crippen MR) is 74.3 cm³/mol. The average Bonchev–Trinajstić information content (AvgIpc) is 2.49. The van der Waals surface area contributed by atoms with E-state index in [9.17, 15) is 20.1 Å². The van der Waals surface area contributed by atoms with Crippen LogP contribution in [0.3, 0.4) is 0 Å². The Kier molecular flexibility index (Phi) is 7.83. The molecule has 0 bridgehead atoms. The topological polar surface area (TPSA) is 107 Å². The SMILES string of the molecule is CCO[C@@](CC)(C(=O)CC)C(O)(CC)C(O)C(O)CO. The van der Waals surface area contributed by atoms with E-state index in [-0.39, 0.29) is 31.7 Å². The van der Waals surface area contributed by atoms with Crippen LogP contribution in [-0.2, 0) is 9.53 Å². The Morgan fingerprint density at radius 3 is 2.00 bits per heavy atom. The molecule has 0 heterocycles. The van der Waals surface area contributed by atoms with Gasteiger partial charge in [0.1, 0.15) is 17.8 Å². The summed E-state index contributed by atoms with van der Waals surface area (Å²) in [5, 5.41) is 39.7. The Morgan fingerprint density at radius 1 is 1.15 bits per heavy atom. The lowest BCUT2D eigenvalue weighted by molar-refractivity contribution is -0.239. The third-order valence-electron chi connectivity index (χ3n) is 3.94. The number of carbonyl (C=O) groups excluding carboxylic acids is 1. The first kappa shape index (κ1) is 19.5. The van der Waals surface area contributed by atoms with Crippen molar-refractivity contribution in [2.75, 3.05) is 13.2 Å². The van der Waals surface area contributed by atoms with Crippen LogP contribution in [0, 0.1) is 0 Å². The summed E-state index contributed by atoms with van der Waals surface area (Å²) < 4.78 is 5.55. The number of Topliss-reactive ketones (excluding diaryl/α,β-unsaturated/α-hetero) is 1. The lowest BCUT2D eigenvalue weighted by atomic mass is 9.70. The summed E-state index contributed by atoms with van der Waals surface area (Å²) >= 11 is 0. The minimum Gasteiger partial charge on any atom is -0.394 e. The van der Waals surface area contributed by atoms with Crippen LogP contribution in [0.1, 0.15) is 47.0 Å². The second-order valence-corrected chi connectivity index (χ2v) is 4.86. The normalized spacial score (nSPS) is 20.8. The highest BCUT2D eigenvalue weighted by Crippen LogP contribution is 2.38. The molecule has 3 unspecified atom stereocenters. The highest BCUT2D eigenvalue weighted by atomic mass is 16.5. The number of ketones is 1. The first-order chi connectivity index (χ1) is 9.31. The number of aliphatic hydroxyl groups excluding tert-OH is 3. The standard InChI is InChI=1S/C14H28O6/c1-5-11(17)14(7-3,20-8-4)13(19,6-2)12(18)10(16)9-15/h10,12,15-16,18-19H,5-9H2,1-4H3/t10?,12?,13?,14-/m0/s1. The maximum absolute atomic E-state index is 12.3. The Bertz CT molecular complexity index is 308. The highest BCUT2D eigenvalue weighted by molar-refractivity contribution is 5.88. The maximum atomic E-state index is 12.3. The van der Waals surface area contributed by atoms with Gasteiger partial charge in [0.05, 0.1) is 6.61 Å². The van der Waals surface area contributed by atoms with Gasteiger partial charge in [-0.2, -0.15) is 0 Å². The predicted octanol–water partition coefficient (Wildman–Crippen LogP) is 0.00600. The van der Waals surface area contributed by atoms with Crippen LogP contribution >= 0.6 is 0 Å². The maximum Gasteiger partial charge on any atom is 0.167 e. The summed E-state index contributed by atoms with van der Waals surface area (Å²) in [7, 11) is 0. The molecular formula is C14H28O6. The summed E-state index contributed by atoms with van der Waals surface area (Å²) in [5.41, 5.74) is -3.56. The molecule has 0 spiro atoms. The van der Waals surface area contributed by atoms with Gasteiger partial charge in [0.2, 0.25) is 0 Å². The van der Waals surface area contributed by atoms with Gasteiger partial charge in [0, 0.05) is 13.0 Å². The molecule has 120 valence electrons. The largest absolute Gasteiger partial charge is 0.394 e. The first-order valence-corrected chi connectivity index (χ1v) is 7.17. The lowest BCUT2D eigenvalue weighted by Crippen LogP contribution is -2.68. The molecule has 0 saturated carbocycles. The number of aliphatic hydroxyl groups is 4. The Hall–Kier alpha value is -0.530. The molecule has 20 heavy (non-hydrogen) atoms. The third kappa shape index (κ3) is 3.20. The molecule has 0 amide bonds. The second kappa shape index (κ2) is 8.05. The number of hydrogen-bond donors (Lipinski definition) is 4. The average molecular weight is 292 g/mol. The Morgan fingerprint density at radius 2 is 1.70 bits per heavy atom. The molecule has 4 atom stereocenters. The van der Waals surface area contributed by atoms with E-state index in [1.807, 2.05) is 0 Å². The lowest BCUT2D eigenvalue weighted by Gasteiger charge is -2.48. The first-order valence-electron chi connectivity index (χ1n) is 7.17. The summed E-state index contributed by atoms with van der Waals surface area (Å²) in [4.78, 5) is 12.3. The number of ether oxygens (including phenoxy) is 1. The molecule has 0 aliphatic carbocycles. The van der Waals surface area contributed by atoms with E-state index >= 15 is 0 Å². The van der Waals surface area contributed by atoms with E-state index in [0.29, 0.717) is 0 Å². The van der Waals surface area contributed by atoms with Gasteiger partial charge >= 0.3 is 0 Å². The van der Waals surface area contributed by atoms with Crippen LogP contribution in [0.2, 0.25) is 0 Å². The van der Waals surface area contributed by atoms with Crippen molar-refractivity contribution in [3.05, 3.63) is 0 Å². The molecule has 0 fully saturated rings. The fraction of sp³-hybridized carbons (Fsp3) is 0.929. The molecule has 0 radical (unpaired) electrons. The van der Waals surface area contributed by atoms with Crippen LogP contribution in [-0.4, -0.2) is 62.8 Å². The molecular weight excluding hydrogens is 264 g/mol. The van der Waals surface area contributed by atoms with Crippen molar-refractivity contribution in [1.82, 2.24) is 0 Å². The van der Waals surface area contributed by atoms with Gasteiger partial charge in [-0.3, -0.25) is 4.79 Å². The van der Waals surface area contributed by atoms with Crippen molar-refractivity contribution in [2.24, 2.45) is 0 Å². The number of rotatable bonds is 10. The van der Waals surface area contributed by atoms with Gasteiger partial charge in [-0.1, -0.05) is 20.8 Å². The fourth-order valence-corrected chi connectivity index (χ4v) is 2.74. The minimum atomic E-state index is -1.97. The molecule has 0 aliphatic heterocycles. The van der Waals surface area contributed by atoms with E-state index in [2.05, 4.69) is 0 Å².